The van der Waals surface area contributed by atoms with Gasteiger partial charge in [-0.05, 0) is 31.0 Å². The fourth-order valence-corrected chi connectivity index (χ4v) is 2.76. The molecule has 0 atom stereocenters. The minimum absolute atomic E-state index is 0.123. The van der Waals surface area contributed by atoms with Crippen molar-refractivity contribution in [3.8, 4) is 11.3 Å². The molecule has 104 valence electrons. The van der Waals surface area contributed by atoms with Crippen molar-refractivity contribution in [1.82, 2.24) is 9.78 Å². The van der Waals surface area contributed by atoms with Crippen LogP contribution in [0.2, 0.25) is 0 Å². The zero-order valence-corrected chi connectivity index (χ0v) is 11.1. The minimum Gasteiger partial charge on any atom is -0.478 e. The molecular formula is C15H17N3O2. The third-order valence-corrected chi connectivity index (χ3v) is 3.89. The van der Waals surface area contributed by atoms with Crippen LogP contribution in [0.25, 0.3) is 11.3 Å². The van der Waals surface area contributed by atoms with Gasteiger partial charge in [-0.2, -0.15) is 5.10 Å². The molecule has 5 nitrogen and oxygen atoms in total. The van der Waals surface area contributed by atoms with Crippen molar-refractivity contribution in [2.75, 3.05) is 5.73 Å². The quantitative estimate of drug-likeness (QED) is 0.841. The summed E-state index contributed by atoms with van der Waals surface area (Å²) in [5.74, 6) is -1.01. The third-order valence-electron chi connectivity index (χ3n) is 3.89. The van der Waals surface area contributed by atoms with E-state index in [1.54, 1.807) is 12.1 Å². The van der Waals surface area contributed by atoms with E-state index >= 15 is 0 Å². The lowest BCUT2D eigenvalue weighted by atomic mass is 10.1. The number of carboxylic acids is 1. The lowest BCUT2D eigenvalue weighted by molar-refractivity contribution is 0.0698. The number of carbonyl (C=O) groups is 1. The van der Waals surface area contributed by atoms with Crippen molar-refractivity contribution in [1.29, 1.82) is 0 Å². The number of hydrogen-bond acceptors (Lipinski definition) is 3. The Balaban J connectivity index is 1.93. The molecule has 3 N–H and O–H groups in total. The molecule has 0 saturated heterocycles. The van der Waals surface area contributed by atoms with E-state index in [1.807, 2.05) is 23.0 Å². The highest BCUT2D eigenvalue weighted by molar-refractivity contribution is 5.95. The van der Waals surface area contributed by atoms with E-state index < -0.39 is 5.97 Å². The first kappa shape index (κ1) is 12.7. The van der Waals surface area contributed by atoms with E-state index in [1.165, 1.54) is 25.7 Å². The van der Waals surface area contributed by atoms with Crippen molar-refractivity contribution in [3.05, 3.63) is 36.0 Å². The van der Waals surface area contributed by atoms with Crippen LogP contribution < -0.4 is 5.73 Å². The zero-order chi connectivity index (χ0) is 14.1. The highest BCUT2D eigenvalue weighted by Gasteiger charge is 2.18. The smallest absolute Gasteiger partial charge is 0.337 e. The topological polar surface area (TPSA) is 81.1 Å². The summed E-state index contributed by atoms with van der Waals surface area (Å²) in [6.45, 7) is 0. The Kier molecular flexibility index (Phi) is 3.18. The van der Waals surface area contributed by atoms with Gasteiger partial charge in [0.25, 0.3) is 0 Å². The van der Waals surface area contributed by atoms with E-state index in [0.717, 1.165) is 11.3 Å². The monoisotopic (exact) mass is 271 g/mol. The number of anilines is 1. The summed E-state index contributed by atoms with van der Waals surface area (Å²) in [4.78, 5) is 11.1. The van der Waals surface area contributed by atoms with Crippen LogP contribution in [0.4, 0.5) is 5.69 Å². The second-order valence-electron chi connectivity index (χ2n) is 5.23. The Bertz CT molecular complexity index is 642. The van der Waals surface area contributed by atoms with Gasteiger partial charge in [0.15, 0.2) is 0 Å². The molecule has 1 heterocycles. The molecule has 0 amide bonds. The maximum Gasteiger partial charge on any atom is 0.337 e. The number of nitrogens with zero attached hydrogens (tertiary/aromatic N) is 2. The molecule has 1 aromatic heterocycles. The summed E-state index contributed by atoms with van der Waals surface area (Å²) in [5, 5.41) is 13.7. The SMILES string of the molecule is Nc1ccc(-c2ccn(C3CCCC3)n2)cc1C(=O)O. The summed E-state index contributed by atoms with van der Waals surface area (Å²) in [7, 11) is 0. The number of aromatic carboxylic acids is 1. The van der Waals surface area contributed by atoms with Crippen LogP contribution in [-0.4, -0.2) is 20.9 Å². The number of nitrogen functional groups attached to an aromatic ring is 1. The second-order valence-corrected chi connectivity index (χ2v) is 5.23. The summed E-state index contributed by atoms with van der Waals surface area (Å²) >= 11 is 0. The number of hydrogen-bond donors (Lipinski definition) is 2. The fourth-order valence-electron chi connectivity index (χ4n) is 2.76. The average molecular weight is 271 g/mol. The molecule has 1 aliphatic carbocycles. The van der Waals surface area contributed by atoms with Gasteiger partial charge in [0, 0.05) is 17.4 Å². The number of benzene rings is 1. The van der Waals surface area contributed by atoms with Gasteiger partial charge in [-0.25, -0.2) is 4.79 Å². The predicted molar refractivity (Wildman–Crippen MR) is 76.5 cm³/mol. The first-order valence-electron chi connectivity index (χ1n) is 6.83. The van der Waals surface area contributed by atoms with E-state index in [-0.39, 0.29) is 11.3 Å². The molecule has 20 heavy (non-hydrogen) atoms. The lowest BCUT2D eigenvalue weighted by Gasteiger charge is -2.09. The predicted octanol–water partition coefficient (Wildman–Crippen LogP) is 2.95. The fraction of sp³-hybridized carbons (Fsp3) is 0.333. The Morgan fingerprint density at radius 1 is 1.30 bits per heavy atom. The van der Waals surface area contributed by atoms with E-state index in [0.29, 0.717) is 6.04 Å². The average Bonchev–Trinajstić information content (AvgIpc) is 3.09. The lowest BCUT2D eigenvalue weighted by Crippen LogP contribution is -2.05. The Morgan fingerprint density at radius 3 is 2.75 bits per heavy atom. The molecule has 1 fully saturated rings. The summed E-state index contributed by atoms with van der Waals surface area (Å²) < 4.78 is 2.00. The highest BCUT2D eigenvalue weighted by Crippen LogP contribution is 2.30. The minimum atomic E-state index is -1.01. The van der Waals surface area contributed by atoms with Gasteiger partial charge in [-0.1, -0.05) is 18.9 Å². The Labute approximate surface area is 117 Å². The molecule has 1 aromatic carbocycles. The van der Waals surface area contributed by atoms with Gasteiger partial charge in [0.2, 0.25) is 0 Å². The summed E-state index contributed by atoms with van der Waals surface area (Å²) in [6.07, 6.45) is 6.82. The zero-order valence-electron chi connectivity index (χ0n) is 11.1. The standard InChI is InChI=1S/C15H17N3O2/c16-13-6-5-10(9-12(13)15(19)20)14-7-8-18(17-14)11-3-1-2-4-11/h5-9,11H,1-4,16H2,(H,19,20). The van der Waals surface area contributed by atoms with Crippen molar-refractivity contribution in [2.45, 2.75) is 31.7 Å². The molecule has 1 saturated carbocycles. The van der Waals surface area contributed by atoms with Crippen molar-refractivity contribution >= 4 is 11.7 Å². The molecule has 5 heteroatoms. The Morgan fingerprint density at radius 2 is 2.05 bits per heavy atom. The van der Waals surface area contributed by atoms with Gasteiger partial charge < -0.3 is 10.8 Å². The normalized spacial score (nSPS) is 15.6. The number of aromatic nitrogens is 2. The van der Waals surface area contributed by atoms with Crippen molar-refractivity contribution < 1.29 is 9.90 Å². The molecule has 2 aromatic rings. The molecule has 0 unspecified atom stereocenters. The summed E-state index contributed by atoms with van der Waals surface area (Å²) in [6, 6.07) is 7.42. The first-order chi connectivity index (χ1) is 9.65. The first-order valence-corrected chi connectivity index (χ1v) is 6.83. The van der Waals surface area contributed by atoms with Gasteiger partial charge in [-0.15, -0.1) is 0 Å². The molecular weight excluding hydrogens is 254 g/mol. The Hall–Kier alpha value is -2.30. The maximum atomic E-state index is 11.1. The van der Waals surface area contributed by atoms with Crippen LogP contribution in [-0.2, 0) is 0 Å². The van der Waals surface area contributed by atoms with Crippen LogP contribution in [0.1, 0.15) is 42.1 Å². The maximum absolute atomic E-state index is 11.1. The molecule has 3 rings (SSSR count). The highest BCUT2D eigenvalue weighted by atomic mass is 16.4. The van der Waals surface area contributed by atoms with Crippen molar-refractivity contribution in [2.24, 2.45) is 0 Å². The number of nitrogens with two attached hydrogens (primary N) is 1. The number of rotatable bonds is 3. The summed E-state index contributed by atoms with van der Waals surface area (Å²) in [5.41, 5.74) is 7.64. The largest absolute Gasteiger partial charge is 0.478 e. The molecule has 0 bridgehead atoms. The van der Waals surface area contributed by atoms with Gasteiger partial charge >= 0.3 is 5.97 Å². The van der Waals surface area contributed by atoms with Crippen molar-refractivity contribution in [3.63, 3.8) is 0 Å². The van der Waals surface area contributed by atoms with Gasteiger partial charge in [0.05, 0.1) is 17.3 Å². The van der Waals surface area contributed by atoms with Gasteiger partial charge in [-0.3, -0.25) is 4.68 Å². The van der Waals surface area contributed by atoms with Crippen LogP contribution in [0.15, 0.2) is 30.5 Å². The number of carboxylic acid groups (broad SMARTS) is 1. The van der Waals surface area contributed by atoms with Gasteiger partial charge in [0.1, 0.15) is 0 Å². The molecule has 0 spiro atoms. The molecule has 0 radical (unpaired) electrons. The molecule has 0 aliphatic heterocycles. The van der Waals surface area contributed by atoms with Crippen LogP contribution in [0, 0.1) is 0 Å². The van der Waals surface area contributed by atoms with Crippen LogP contribution in [0.5, 0.6) is 0 Å². The third kappa shape index (κ3) is 2.27. The van der Waals surface area contributed by atoms with E-state index in [9.17, 15) is 4.79 Å². The second kappa shape index (κ2) is 5.00. The van der Waals surface area contributed by atoms with E-state index in [4.69, 9.17) is 10.8 Å². The van der Waals surface area contributed by atoms with E-state index in [2.05, 4.69) is 5.10 Å². The van der Waals surface area contributed by atoms with Crippen LogP contribution in [0.3, 0.4) is 0 Å². The van der Waals surface area contributed by atoms with Crippen LogP contribution >= 0.6 is 0 Å². The molecule has 1 aliphatic rings.